The van der Waals surface area contributed by atoms with Gasteiger partial charge in [-0.15, -0.1) is 0 Å². The molecule has 1 aliphatic rings. The first-order valence-corrected chi connectivity index (χ1v) is 7.54. The van der Waals surface area contributed by atoms with Crippen molar-refractivity contribution in [2.45, 2.75) is 31.3 Å². The first-order chi connectivity index (χ1) is 10.7. The van der Waals surface area contributed by atoms with Gasteiger partial charge >= 0.3 is 0 Å². The second-order valence-corrected chi connectivity index (χ2v) is 5.93. The lowest BCUT2D eigenvalue weighted by molar-refractivity contribution is 0.684. The van der Waals surface area contributed by atoms with Crippen LogP contribution >= 0.6 is 0 Å². The van der Waals surface area contributed by atoms with Crippen LogP contribution < -0.4 is 11.1 Å². The van der Waals surface area contributed by atoms with Crippen molar-refractivity contribution in [3.63, 3.8) is 0 Å². The molecule has 1 saturated carbocycles. The van der Waals surface area contributed by atoms with Crippen molar-refractivity contribution in [3.8, 4) is 11.4 Å². The zero-order valence-electron chi connectivity index (χ0n) is 12.5. The second kappa shape index (κ2) is 5.10. The lowest BCUT2D eigenvalue weighted by Gasteiger charge is -2.16. The van der Waals surface area contributed by atoms with Crippen molar-refractivity contribution >= 4 is 11.5 Å². The normalized spacial score (nSPS) is 21.5. The molecule has 0 radical (unpaired) electrons. The molecule has 0 saturated heterocycles. The predicted molar refractivity (Wildman–Crippen MR) is 84.4 cm³/mol. The van der Waals surface area contributed by atoms with Gasteiger partial charge in [0.1, 0.15) is 5.82 Å². The summed E-state index contributed by atoms with van der Waals surface area (Å²) in [6, 6.07) is 4.62. The smallest absolute Gasteiger partial charge is 0.158 e. The number of fused-ring (bicyclic) bond motifs is 1. The average Bonchev–Trinajstić information content (AvgIpc) is 3.20. The molecule has 1 aliphatic carbocycles. The number of nitrogens with two attached hydrogens (primary N) is 1. The predicted octanol–water partition coefficient (Wildman–Crippen LogP) is 1.42. The number of nitrogens with zero attached hydrogens (tertiary/aromatic N) is 5. The van der Waals surface area contributed by atoms with Crippen molar-refractivity contribution < 1.29 is 0 Å². The van der Waals surface area contributed by atoms with E-state index in [0.717, 1.165) is 42.1 Å². The topological polar surface area (TPSA) is 86.1 Å². The molecule has 114 valence electrons. The van der Waals surface area contributed by atoms with Crippen LogP contribution in [0.1, 0.15) is 19.3 Å². The molecule has 3 heterocycles. The first-order valence-electron chi connectivity index (χ1n) is 7.54. The Balaban J connectivity index is 1.76. The van der Waals surface area contributed by atoms with Gasteiger partial charge in [0.15, 0.2) is 5.65 Å². The van der Waals surface area contributed by atoms with E-state index in [-0.39, 0.29) is 0 Å². The molecule has 3 N–H and O–H groups in total. The molecule has 0 aromatic carbocycles. The van der Waals surface area contributed by atoms with E-state index in [1.165, 1.54) is 0 Å². The summed E-state index contributed by atoms with van der Waals surface area (Å²) >= 11 is 0. The van der Waals surface area contributed by atoms with Crippen molar-refractivity contribution in [2.75, 3.05) is 5.32 Å². The number of anilines is 1. The van der Waals surface area contributed by atoms with Crippen LogP contribution in [0.3, 0.4) is 0 Å². The Kier molecular flexibility index (Phi) is 3.07. The summed E-state index contributed by atoms with van der Waals surface area (Å²) in [6.07, 6.45) is 8.52. The van der Waals surface area contributed by atoms with Gasteiger partial charge in [0.05, 0.1) is 30.1 Å². The van der Waals surface area contributed by atoms with E-state index < -0.39 is 0 Å². The van der Waals surface area contributed by atoms with E-state index in [9.17, 15) is 0 Å². The largest absolute Gasteiger partial charge is 0.367 e. The minimum absolute atomic E-state index is 0.295. The maximum atomic E-state index is 6.01. The Bertz CT molecular complexity index is 803. The van der Waals surface area contributed by atoms with Gasteiger partial charge in [-0.1, -0.05) is 0 Å². The Morgan fingerprint density at radius 3 is 3.00 bits per heavy atom. The van der Waals surface area contributed by atoms with E-state index in [2.05, 4.69) is 20.4 Å². The maximum absolute atomic E-state index is 6.01. The van der Waals surface area contributed by atoms with Gasteiger partial charge < -0.3 is 15.6 Å². The Morgan fingerprint density at radius 1 is 1.36 bits per heavy atom. The Morgan fingerprint density at radius 2 is 2.27 bits per heavy atom. The van der Waals surface area contributed by atoms with E-state index in [4.69, 9.17) is 5.73 Å². The Labute approximate surface area is 128 Å². The zero-order chi connectivity index (χ0) is 15.1. The summed E-state index contributed by atoms with van der Waals surface area (Å²) in [5, 5.41) is 7.94. The van der Waals surface area contributed by atoms with Gasteiger partial charge in [-0.2, -0.15) is 9.61 Å². The number of hydrogen-bond acceptors (Lipinski definition) is 5. The monoisotopic (exact) mass is 297 g/mol. The van der Waals surface area contributed by atoms with Gasteiger partial charge in [0.2, 0.25) is 0 Å². The van der Waals surface area contributed by atoms with Crippen LogP contribution in [-0.2, 0) is 7.05 Å². The van der Waals surface area contributed by atoms with Gasteiger partial charge in [-0.3, -0.25) is 0 Å². The van der Waals surface area contributed by atoms with Gasteiger partial charge in [-0.25, -0.2) is 9.97 Å². The quantitative estimate of drug-likeness (QED) is 0.763. The van der Waals surface area contributed by atoms with Crippen LogP contribution in [0, 0.1) is 0 Å². The van der Waals surface area contributed by atoms with Crippen molar-refractivity contribution in [2.24, 2.45) is 12.8 Å². The van der Waals surface area contributed by atoms with Gasteiger partial charge in [0.25, 0.3) is 0 Å². The fourth-order valence-corrected chi connectivity index (χ4v) is 3.11. The molecule has 0 aliphatic heterocycles. The number of nitrogens with one attached hydrogen (secondary N) is 1. The minimum Gasteiger partial charge on any atom is -0.367 e. The lowest BCUT2D eigenvalue weighted by Crippen LogP contribution is -2.22. The second-order valence-electron chi connectivity index (χ2n) is 5.93. The molecule has 0 spiro atoms. The van der Waals surface area contributed by atoms with Crippen molar-refractivity contribution in [1.29, 1.82) is 0 Å². The summed E-state index contributed by atoms with van der Waals surface area (Å²) in [4.78, 5) is 8.84. The van der Waals surface area contributed by atoms with Gasteiger partial charge in [0, 0.05) is 31.3 Å². The zero-order valence-corrected chi connectivity index (χ0v) is 12.5. The molecule has 2 atom stereocenters. The fraction of sp³-hybridized carbons (Fsp3) is 0.400. The van der Waals surface area contributed by atoms with Crippen LogP contribution in [0.25, 0.3) is 17.0 Å². The molecule has 3 aromatic heterocycles. The number of rotatable bonds is 3. The van der Waals surface area contributed by atoms with Crippen LogP contribution in [0.4, 0.5) is 5.82 Å². The molecule has 22 heavy (non-hydrogen) atoms. The van der Waals surface area contributed by atoms with Crippen molar-refractivity contribution in [3.05, 3.63) is 30.9 Å². The number of imidazole rings is 1. The molecule has 3 aromatic rings. The van der Waals surface area contributed by atoms with E-state index >= 15 is 0 Å². The number of aromatic nitrogens is 5. The third-order valence-corrected chi connectivity index (χ3v) is 4.26. The van der Waals surface area contributed by atoms with Crippen LogP contribution in [-0.4, -0.2) is 36.2 Å². The molecule has 0 amide bonds. The van der Waals surface area contributed by atoms with Crippen LogP contribution in [0.2, 0.25) is 0 Å². The molecule has 0 unspecified atom stereocenters. The minimum atomic E-state index is 0.295. The highest BCUT2D eigenvalue weighted by atomic mass is 15.3. The fourth-order valence-electron chi connectivity index (χ4n) is 3.11. The van der Waals surface area contributed by atoms with E-state index in [1.807, 2.05) is 34.5 Å². The highest BCUT2D eigenvalue weighted by molar-refractivity contribution is 5.63. The molecule has 0 bridgehead atoms. The standard InChI is InChI=1S/C15H19N7/c1-21-9-17-8-13(21)12-7-15(19-11-3-2-10(16)6-11)22-14(20-12)4-5-18-22/h4-5,7-11,19H,2-3,6,16H2,1H3/t10-,11-/m0/s1. The van der Waals surface area contributed by atoms with Crippen LogP contribution in [0.5, 0.6) is 0 Å². The molecule has 1 fully saturated rings. The van der Waals surface area contributed by atoms with E-state index in [0.29, 0.717) is 12.1 Å². The molecule has 7 heteroatoms. The number of hydrogen-bond donors (Lipinski definition) is 2. The van der Waals surface area contributed by atoms with Crippen LogP contribution in [0.15, 0.2) is 30.9 Å². The SMILES string of the molecule is Cn1cncc1-c1cc(N[C@H]2CC[C@H](N)C2)n2nccc2n1. The third kappa shape index (κ3) is 2.23. The molecule has 4 rings (SSSR count). The molecular formula is C15H19N7. The van der Waals surface area contributed by atoms with Crippen molar-refractivity contribution in [1.82, 2.24) is 24.1 Å². The first kappa shape index (κ1) is 13.3. The van der Waals surface area contributed by atoms with E-state index in [1.54, 1.807) is 12.5 Å². The third-order valence-electron chi connectivity index (χ3n) is 4.26. The summed E-state index contributed by atoms with van der Waals surface area (Å²) in [6.45, 7) is 0. The summed E-state index contributed by atoms with van der Waals surface area (Å²) < 4.78 is 3.80. The van der Waals surface area contributed by atoms with Gasteiger partial charge in [-0.05, 0) is 19.3 Å². The summed E-state index contributed by atoms with van der Waals surface area (Å²) in [5.41, 5.74) is 8.70. The highest BCUT2D eigenvalue weighted by Crippen LogP contribution is 2.25. The maximum Gasteiger partial charge on any atom is 0.158 e. The Hall–Kier alpha value is -2.41. The molecule has 7 nitrogen and oxygen atoms in total. The molecular weight excluding hydrogens is 278 g/mol. The summed E-state index contributed by atoms with van der Waals surface area (Å²) in [7, 11) is 1.97. The summed E-state index contributed by atoms with van der Waals surface area (Å²) in [5.74, 6) is 0.949. The lowest BCUT2D eigenvalue weighted by atomic mass is 10.2. The number of aryl methyl sites for hydroxylation is 1. The highest BCUT2D eigenvalue weighted by Gasteiger charge is 2.22. The average molecular weight is 297 g/mol.